The molecule has 1 aliphatic heterocycles. The van der Waals surface area contributed by atoms with Crippen molar-refractivity contribution in [1.82, 2.24) is 9.21 Å². The van der Waals surface area contributed by atoms with Gasteiger partial charge in [-0.05, 0) is 44.9 Å². The largest absolute Gasteiger partial charge is 0.487 e. The van der Waals surface area contributed by atoms with Gasteiger partial charge >= 0.3 is 0 Å². The third kappa shape index (κ3) is 5.69. The van der Waals surface area contributed by atoms with E-state index in [1.807, 2.05) is 6.92 Å². The van der Waals surface area contributed by atoms with E-state index >= 15 is 0 Å². The second-order valence-corrected chi connectivity index (χ2v) is 11.1. The molecule has 0 unspecified atom stereocenters. The molecule has 1 aromatic rings. The van der Waals surface area contributed by atoms with Crippen LogP contribution in [0, 0.1) is 23.7 Å². The summed E-state index contributed by atoms with van der Waals surface area (Å²) in [5.41, 5.74) is 0.512. The maximum Gasteiger partial charge on any atom is 0.247 e. The molecule has 2 aliphatic rings. The lowest BCUT2D eigenvalue weighted by Gasteiger charge is -2.38. The number of hydrogen-bond donors (Lipinski definition) is 2. The van der Waals surface area contributed by atoms with Crippen molar-refractivity contribution in [2.45, 2.75) is 63.2 Å². The first-order valence-electron chi connectivity index (χ1n) is 11.4. The second kappa shape index (κ2) is 10.4. The van der Waals surface area contributed by atoms with Crippen molar-refractivity contribution in [1.29, 1.82) is 0 Å². The molecule has 0 saturated heterocycles. The zero-order valence-corrected chi connectivity index (χ0v) is 20.5. The van der Waals surface area contributed by atoms with Gasteiger partial charge in [0.2, 0.25) is 15.9 Å². The molecular formula is C24H34N2O6S. The van der Waals surface area contributed by atoms with Crippen LogP contribution < -0.4 is 4.74 Å². The van der Waals surface area contributed by atoms with Crippen LogP contribution >= 0.6 is 0 Å². The summed E-state index contributed by atoms with van der Waals surface area (Å²) in [7, 11) is -2.19. The number of likely N-dealkylation sites (N-methyl/N-ethyl adjacent to an activating group) is 1. The van der Waals surface area contributed by atoms with Gasteiger partial charge in [0.05, 0.1) is 13.2 Å². The average Bonchev–Trinajstić information content (AvgIpc) is 2.72. The van der Waals surface area contributed by atoms with E-state index in [0.717, 1.165) is 19.3 Å². The minimum Gasteiger partial charge on any atom is -0.487 e. The van der Waals surface area contributed by atoms with Gasteiger partial charge in [-0.3, -0.25) is 4.79 Å². The van der Waals surface area contributed by atoms with Crippen molar-refractivity contribution in [2.75, 3.05) is 26.7 Å². The van der Waals surface area contributed by atoms with E-state index in [0.29, 0.717) is 12.1 Å². The monoisotopic (exact) mass is 478 g/mol. The Bertz CT molecular complexity index is 1030. The summed E-state index contributed by atoms with van der Waals surface area (Å²) in [6.07, 6.45) is 1.59. The Morgan fingerprint density at radius 3 is 2.61 bits per heavy atom. The summed E-state index contributed by atoms with van der Waals surface area (Å²) < 4.78 is 34.5. The van der Waals surface area contributed by atoms with Crippen LogP contribution in [0.15, 0.2) is 23.1 Å². The molecule has 1 heterocycles. The fourth-order valence-corrected chi connectivity index (χ4v) is 5.86. The molecule has 8 nitrogen and oxygen atoms in total. The molecule has 0 aromatic heterocycles. The number of carbonyl (C=O) groups excluding carboxylic acids is 1. The SMILES string of the molecule is C[C@H](O)C#Cc1ccc2c(c1)O[C@H](CN(C)C(=O)C1CCC1)[C@H](C)CN([C@H](C)CO)S2(=O)=O. The van der Waals surface area contributed by atoms with Gasteiger partial charge in [-0.15, -0.1) is 0 Å². The fourth-order valence-electron chi connectivity index (χ4n) is 4.04. The number of ether oxygens (including phenoxy) is 1. The highest BCUT2D eigenvalue weighted by molar-refractivity contribution is 7.89. The molecule has 9 heteroatoms. The van der Waals surface area contributed by atoms with Crippen LogP contribution in [0.1, 0.15) is 45.6 Å². The first kappa shape index (κ1) is 25.5. The number of sulfonamides is 1. The third-order valence-electron chi connectivity index (χ3n) is 6.38. The Kier molecular flexibility index (Phi) is 8.06. The zero-order valence-electron chi connectivity index (χ0n) is 19.7. The first-order chi connectivity index (χ1) is 15.5. The lowest BCUT2D eigenvalue weighted by Crippen LogP contribution is -2.50. The van der Waals surface area contributed by atoms with Crippen LogP contribution in [0.4, 0.5) is 0 Å². The van der Waals surface area contributed by atoms with Crippen LogP contribution in [-0.4, -0.2) is 78.7 Å². The van der Waals surface area contributed by atoms with Crippen molar-refractivity contribution in [2.24, 2.45) is 11.8 Å². The molecule has 0 bridgehead atoms. The standard InChI is InChI=1S/C24H34N2O6S/c1-16-13-26(17(2)15-27)33(30,31)23-11-10-19(9-8-18(3)28)12-21(23)32-22(16)14-25(4)24(29)20-6-5-7-20/h10-12,16-18,20,22,27-28H,5-7,13-15H2,1-4H3/t16-,17-,18+,22-/m1/s1. The molecular weight excluding hydrogens is 444 g/mol. The number of aliphatic hydroxyl groups excluding tert-OH is 2. The number of aliphatic hydroxyl groups is 2. The molecule has 0 spiro atoms. The van der Waals surface area contributed by atoms with Crippen LogP contribution in [0.5, 0.6) is 5.75 Å². The highest BCUT2D eigenvalue weighted by atomic mass is 32.2. The number of hydrogen-bond acceptors (Lipinski definition) is 6. The smallest absolute Gasteiger partial charge is 0.247 e. The molecule has 1 aliphatic carbocycles. The summed E-state index contributed by atoms with van der Waals surface area (Å²) in [5.74, 6) is 5.53. The molecule has 1 amide bonds. The number of amides is 1. The number of fused-ring (bicyclic) bond motifs is 1. The van der Waals surface area contributed by atoms with E-state index in [9.17, 15) is 23.4 Å². The molecule has 1 fully saturated rings. The molecule has 0 radical (unpaired) electrons. The second-order valence-electron chi connectivity index (χ2n) is 9.19. The third-order valence-corrected chi connectivity index (χ3v) is 8.40. The topological polar surface area (TPSA) is 107 Å². The van der Waals surface area contributed by atoms with Gasteiger partial charge in [-0.1, -0.05) is 25.2 Å². The highest BCUT2D eigenvalue weighted by Crippen LogP contribution is 2.34. The Morgan fingerprint density at radius 2 is 2.03 bits per heavy atom. The number of rotatable bonds is 5. The predicted octanol–water partition coefficient (Wildman–Crippen LogP) is 1.45. The van der Waals surface area contributed by atoms with Crippen molar-refractivity contribution in [3.8, 4) is 17.6 Å². The number of benzene rings is 1. The van der Waals surface area contributed by atoms with Gasteiger partial charge in [-0.25, -0.2) is 8.42 Å². The van der Waals surface area contributed by atoms with Gasteiger partial charge in [0.1, 0.15) is 22.9 Å². The summed E-state index contributed by atoms with van der Waals surface area (Å²) in [6, 6.07) is 3.96. The average molecular weight is 479 g/mol. The normalized spacial score (nSPS) is 24.5. The van der Waals surface area contributed by atoms with Gasteiger partial charge in [0, 0.05) is 37.0 Å². The molecule has 3 rings (SSSR count). The molecule has 2 N–H and O–H groups in total. The van der Waals surface area contributed by atoms with E-state index in [-0.39, 0.29) is 41.5 Å². The van der Waals surface area contributed by atoms with E-state index in [1.165, 1.54) is 10.4 Å². The summed E-state index contributed by atoms with van der Waals surface area (Å²) >= 11 is 0. The summed E-state index contributed by atoms with van der Waals surface area (Å²) in [5, 5.41) is 19.2. The Balaban J connectivity index is 2.01. The van der Waals surface area contributed by atoms with E-state index in [4.69, 9.17) is 4.74 Å². The van der Waals surface area contributed by atoms with Crippen LogP contribution in [0.3, 0.4) is 0 Å². The van der Waals surface area contributed by atoms with E-state index < -0.39 is 28.3 Å². The summed E-state index contributed by atoms with van der Waals surface area (Å²) in [6.45, 7) is 5.26. The number of nitrogens with zero attached hydrogens (tertiary/aromatic N) is 2. The molecule has 4 atom stereocenters. The minimum absolute atomic E-state index is 0.00438. The zero-order chi connectivity index (χ0) is 24.3. The lowest BCUT2D eigenvalue weighted by molar-refractivity contribution is -0.138. The van der Waals surface area contributed by atoms with Crippen molar-refractivity contribution in [3.63, 3.8) is 0 Å². The van der Waals surface area contributed by atoms with Crippen LogP contribution in [0.25, 0.3) is 0 Å². The van der Waals surface area contributed by atoms with Crippen LogP contribution in [-0.2, 0) is 14.8 Å². The Labute approximate surface area is 196 Å². The van der Waals surface area contributed by atoms with E-state index in [1.54, 1.807) is 37.9 Å². The van der Waals surface area contributed by atoms with E-state index in [2.05, 4.69) is 11.8 Å². The molecule has 1 aromatic carbocycles. The van der Waals surface area contributed by atoms with Crippen molar-refractivity contribution in [3.05, 3.63) is 23.8 Å². The van der Waals surface area contributed by atoms with Gasteiger partial charge < -0.3 is 19.8 Å². The maximum absolute atomic E-state index is 13.5. The minimum atomic E-state index is -3.94. The van der Waals surface area contributed by atoms with Gasteiger partial charge in [0.15, 0.2) is 0 Å². The molecule has 182 valence electrons. The summed E-state index contributed by atoms with van der Waals surface area (Å²) in [4.78, 5) is 14.4. The quantitative estimate of drug-likeness (QED) is 0.621. The lowest BCUT2D eigenvalue weighted by atomic mass is 9.84. The maximum atomic E-state index is 13.5. The van der Waals surface area contributed by atoms with Crippen molar-refractivity contribution < 1.29 is 28.2 Å². The molecule has 1 saturated carbocycles. The number of carbonyl (C=O) groups is 1. The first-order valence-corrected chi connectivity index (χ1v) is 12.9. The Morgan fingerprint density at radius 1 is 1.33 bits per heavy atom. The predicted molar refractivity (Wildman–Crippen MR) is 124 cm³/mol. The van der Waals surface area contributed by atoms with Gasteiger partial charge in [0.25, 0.3) is 0 Å². The van der Waals surface area contributed by atoms with Gasteiger partial charge in [-0.2, -0.15) is 4.31 Å². The van der Waals surface area contributed by atoms with Crippen molar-refractivity contribution >= 4 is 15.9 Å². The van der Waals surface area contributed by atoms with Crippen LogP contribution in [0.2, 0.25) is 0 Å². The highest BCUT2D eigenvalue weighted by Gasteiger charge is 2.39. The molecule has 33 heavy (non-hydrogen) atoms. The fraction of sp³-hybridized carbons (Fsp3) is 0.625. The Hall–Kier alpha value is -2.12.